The fourth-order valence-electron chi connectivity index (χ4n) is 3.70. The highest BCUT2D eigenvalue weighted by atomic mass is 16.1. The van der Waals surface area contributed by atoms with E-state index in [0.29, 0.717) is 11.2 Å². The Labute approximate surface area is 120 Å². The third kappa shape index (κ3) is 2.25. The first-order valence-corrected chi connectivity index (χ1v) is 7.64. The summed E-state index contributed by atoms with van der Waals surface area (Å²) in [6, 6.07) is 0. The molecule has 4 heteroatoms. The predicted molar refractivity (Wildman–Crippen MR) is 81.2 cm³/mol. The van der Waals surface area contributed by atoms with Crippen LogP contribution < -0.4 is 10.5 Å². The molecule has 4 nitrogen and oxygen atoms in total. The monoisotopic (exact) mass is 275 g/mol. The van der Waals surface area contributed by atoms with Crippen LogP contribution in [0, 0.1) is 11.3 Å². The molecule has 0 unspecified atom stereocenters. The zero-order valence-electron chi connectivity index (χ0n) is 13.0. The lowest BCUT2D eigenvalue weighted by Crippen LogP contribution is -2.57. The molecule has 1 spiro atoms. The van der Waals surface area contributed by atoms with Crippen molar-refractivity contribution in [1.29, 1.82) is 0 Å². The van der Waals surface area contributed by atoms with Gasteiger partial charge in [-0.15, -0.1) is 0 Å². The molecule has 1 aliphatic heterocycles. The van der Waals surface area contributed by atoms with Gasteiger partial charge in [0, 0.05) is 35.8 Å². The van der Waals surface area contributed by atoms with Gasteiger partial charge in [-0.3, -0.25) is 4.79 Å². The predicted octanol–water partition coefficient (Wildman–Crippen LogP) is 2.69. The van der Waals surface area contributed by atoms with Crippen molar-refractivity contribution in [3.05, 3.63) is 22.2 Å². The van der Waals surface area contributed by atoms with Crippen molar-refractivity contribution in [2.75, 3.05) is 18.0 Å². The van der Waals surface area contributed by atoms with Crippen LogP contribution in [-0.4, -0.2) is 23.1 Å². The lowest BCUT2D eigenvalue weighted by atomic mass is 9.77. The Morgan fingerprint density at radius 1 is 1.40 bits per heavy atom. The van der Waals surface area contributed by atoms with E-state index >= 15 is 0 Å². The largest absolute Gasteiger partial charge is 0.351 e. The molecule has 0 aromatic carbocycles. The Morgan fingerprint density at radius 2 is 2.10 bits per heavy atom. The van der Waals surface area contributed by atoms with E-state index in [-0.39, 0.29) is 11.0 Å². The van der Waals surface area contributed by atoms with E-state index in [2.05, 4.69) is 42.6 Å². The molecule has 20 heavy (non-hydrogen) atoms. The van der Waals surface area contributed by atoms with Gasteiger partial charge in [-0.2, -0.15) is 0 Å². The highest BCUT2D eigenvalue weighted by Crippen LogP contribution is 2.48. The van der Waals surface area contributed by atoms with Crippen LogP contribution in [0.2, 0.25) is 0 Å². The first-order chi connectivity index (χ1) is 9.29. The minimum Gasteiger partial charge on any atom is -0.351 e. The number of anilines is 1. The van der Waals surface area contributed by atoms with Crippen molar-refractivity contribution in [1.82, 2.24) is 9.97 Å². The van der Waals surface area contributed by atoms with Gasteiger partial charge in [0.15, 0.2) is 5.82 Å². The van der Waals surface area contributed by atoms with Gasteiger partial charge in [0.1, 0.15) is 0 Å². The maximum absolute atomic E-state index is 12.2. The average Bonchev–Trinajstić information content (AvgIpc) is 2.69. The molecule has 0 bridgehead atoms. The van der Waals surface area contributed by atoms with Gasteiger partial charge in [-0.25, -0.2) is 4.98 Å². The van der Waals surface area contributed by atoms with Crippen LogP contribution in [0.1, 0.15) is 52.7 Å². The molecular weight excluding hydrogens is 250 g/mol. The van der Waals surface area contributed by atoms with E-state index < -0.39 is 0 Å². The van der Waals surface area contributed by atoms with Gasteiger partial charge < -0.3 is 9.88 Å². The summed E-state index contributed by atoms with van der Waals surface area (Å²) < 4.78 is 0. The topological polar surface area (TPSA) is 49.0 Å². The van der Waals surface area contributed by atoms with E-state index in [1.807, 2.05) is 6.20 Å². The summed E-state index contributed by atoms with van der Waals surface area (Å²) in [6.07, 6.45) is 5.77. The van der Waals surface area contributed by atoms with Gasteiger partial charge in [-0.05, 0) is 18.8 Å². The van der Waals surface area contributed by atoms with E-state index in [1.54, 1.807) is 0 Å². The molecule has 2 heterocycles. The minimum atomic E-state index is -0.0677. The second kappa shape index (κ2) is 4.34. The first kappa shape index (κ1) is 13.7. The molecule has 0 amide bonds. The molecule has 0 radical (unpaired) electrons. The van der Waals surface area contributed by atoms with Crippen LogP contribution in [-0.2, 0) is 5.41 Å². The molecule has 110 valence electrons. The summed E-state index contributed by atoms with van der Waals surface area (Å²) in [5, 5.41) is 0. The maximum atomic E-state index is 12.2. The Balaban J connectivity index is 1.76. The molecule has 1 N–H and O–H groups in total. The van der Waals surface area contributed by atoms with Crippen molar-refractivity contribution in [3.8, 4) is 0 Å². The Bertz CT molecular complexity index is 564. The van der Waals surface area contributed by atoms with Crippen LogP contribution in [0.25, 0.3) is 0 Å². The van der Waals surface area contributed by atoms with Gasteiger partial charge in [-0.1, -0.05) is 34.1 Å². The van der Waals surface area contributed by atoms with Crippen molar-refractivity contribution >= 4 is 5.82 Å². The Hall–Kier alpha value is -1.32. The molecule has 1 saturated carbocycles. The van der Waals surface area contributed by atoms with Crippen molar-refractivity contribution in [3.63, 3.8) is 0 Å². The molecule has 3 rings (SSSR count). The van der Waals surface area contributed by atoms with Crippen molar-refractivity contribution in [2.24, 2.45) is 11.3 Å². The number of hydrogen-bond acceptors (Lipinski definition) is 3. The van der Waals surface area contributed by atoms with Crippen LogP contribution in [0.3, 0.4) is 0 Å². The molecular formula is C16H25N3O. The highest BCUT2D eigenvalue weighted by Gasteiger charge is 2.47. The summed E-state index contributed by atoms with van der Waals surface area (Å²) >= 11 is 0. The van der Waals surface area contributed by atoms with E-state index in [4.69, 9.17) is 0 Å². The molecule has 1 aromatic heterocycles. The molecule has 2 fully saturated rings. The van der Waals surface area contributed by atoms with Crippen LogP contribution >= 0.6 is 0 Å². The minimum absolute atomic E-state index is 0.0432. The smallest absolute Gasteiger partial charge is 0.291 e. The number of hydrogen-bond donors (Lipinski definition) is 1. The highest BCUT2D eigenvalue weighted by molar-refractivity contribution is 5.42. The van der Waals surface area contributed by atoms with Crippen LogP contribution in [0.15, 0.2) is 11.0 Å². The Morgan fingerprint density at radius 3 is 2.60 bits per heavy atom. The van der Waals surface area contributed by atoms with E-state index in [9.17, 15) is 4.79 Å². The average molecular weight is 275 g/mol. The van der Waals surface area contributed by atoms with Gasteiger partial charge in [0.05, 0.1) is 0 Å². The fraction of sp³-hybridized carbons (Fsp3) is 0.750. The third-order valence-corrected chi connectivity index (χ3v) is 4.88. The molecule has 2 aliphatic rings. The number of aromatic nitrogens is 2. The lowest BCUT2D eigenvalue weighted by Gasteiger charge is -2.48. The quantitative estimate of drug-likeness (QED) is 0.857. The van der Waals surface area contributed by atoms with Crippen molar-refractivity contribution in [2.45, 2.75) is 52.4 Å². The lowest BCUT2D eigenvalue weighted by molar-refractivity contribution is 0.212. The Kier molecular flexibility index (Phi) is 2.96. The number of rotatable bonds is 1. The maximum Gasteiger partial charge on any atom is 0.291 e. The van der Waals surface area contributed by atoms with Gasteiger partial charge in [0.25, 0.3) is 5.56 Å². The third-order valence-electron chi connectivity index (χ3n) is 4.88. The summed E-state index contributed by atoms with van der Waals surface area (Å²) in [6.45, 7) is 10.6. The number of aromatic amines is 1. The van der Waals surface area contributed by atoms with Gasteiger partial charge in [0.2, 0.25) is 0 Å². The van der Waals surface area contributed by atoms with Gasteiger partial charge >= 0.3 is 0 Å². The summed E-state index contributed by atoms with van der Waals surface area (Å²) in [5.74, 6) is 1.44. The van der Waals surface area contributed by atoms with Crippen molar-refractivity contribution < 1.29 is 0 Å². The number of nitrogens with one attached hydrogen (secondary N) is 1. The zero-order valence-corrected chi connectivity index (χ0v) is 13.0. The SMILES string of the molecule is C[C@@H]1CCC2(C1)CN(c1ncc(C(C)(C)C)[nH]c1=O)C2. The molecule has 1 aromatic rings. The second-order valence-corrected chi connectivity index (χ2v) is 7.90. The normalized spacial score (nSPS) is 25.0. The first-order valence-electron chi connectivity index (χ1n) is 7.64. The van der Waals surface area contributed by atoms with Crippen LogP contribution in [0.4, 0.5) is 5.82 Å². The summed E-state index contributed by atoms with van der Waals surface area (Å²) in [4.78, 5) is 21.8. The number of H-pyrrole nitrogens is 1. The summed E-state index contributed by atoms with van der Waals surface area (Å²) in [7, 11) is 0. The second-order valence-electron chi connectivity index (χ2n) is 7.90. The van der Waals surface area contributed by atoms with E-state index in [1.165, 1.54) is 19.3 Å². The standard InChI is InChI=1S/C16H25N3O/c1-11-5-6-16(7-11)9-19(10-16)13-14(20)18-12(8-17-13)15(2,3)4/h8,11H,5-7,9-10H2,1-4H3,(H,18,20)/t11-/m1/s1. The van der Waals surface area contributed by atoms with Crippen LogP contribution in [0.5, 0.6) is 0 Å². The molecule has 1 aliphatic carbocycles. The molecule has 1 atom stereocenters. The van der Waals surface area contributed by atoms with E-state index in [0.717, 1.165) is 24.7 Å². The number of nitrogens with zero attached hydrogens (tertiary/aromatic N) is 2. The fourth-order valence-corrected chi connectivity index (χ4v) is 3.70. The zero-order chi connectivity index (χ0) is 14.5. The summed E-state index contributed by atoms with van der Waals surface area (Å²) in [5.41, 5.74) is 1.26. The molecule has 1 saturated heterocycles.